The predicted molar refractivity (Wildman–Crippen MR) is 64.9 cm³/mol. The van der Waals surface area contributed by atoms with E-state index in [9.17, 15) is 8.78 Å². The molecule has 2 rings (SSSR count). The number of anilines is 1. The van der Waals surface area contributed by atoms with Gasteiger partial charge < -0.3 is 5.32 Å². The van der Waals surface area contributed by atoms with E-state index < -0.39 is 11.6 Å². The molecule has 0 saturated carbocycles. The predicted octanol–water partition coefficient (Wildman–Crippen LogP) is 3.89. The molecule has 0 radical (unpaired) electrons. The smallest absolute Gasteiger partial charge is 0.134 e. The SMILES string of the molecule is Cc1ccc(F)c(CNc2ccccc2)c1F. The lowest BCUT2D eigenvalue weighted by atomic mass is 10.1. The second-order valence-electron chi connectivity index (χ2n) is 3.88. The van der Waals surface area contributed by atoms with E-state index in [-0.39, 0.29) is 12.1 Å². The number of halogens is 2. The first-order valence-corrected chi connectivity index (χ1v) is 5.41. The Bertz CT molecular complexity index is 509. The summed E-state index contributed by atoms with van der Waals surface area (Å²) in [5.74, 6) is -0.995. The van der Waals surface area contributed by atoms with Gasteiger partial charge in [-0.3, -0.25) is 0 Å². The van der Waals surface area contributed by atoms with Crippen molar-refractivity contribution in [3.05, 3.63) is 65.2 Å². The third-order valence-electron chi connectivity index (χ3n) is 2.62. The van der Waals surface area contributed by atoms with Gasteiger partial charge in [0, 0.05) is 17.8 Å². The second kappa shape index (κ2) is 4.95. The Balaban J connectivity index is 2.17. The zero-order valence-electron chi connectivity index (χ0n) is 9.50. The fourth-order valence-electron chi connectivity index (χ4n) is 1.62. The van der Waals surface area contributed by atoms with E-state index >= 15 is 0 Å². The van der Waals surface area contributed by atoms with Gasteiger partial charge in [0.1, 0.15) is 11.6 Å². The maximum atomic E-state index is 13.7. The number of aryl methyl sites for hydroxylation is 1. The van der Waals surface area contributed by atoms with E-state index in [2.05, 4.69) is 5.32 Å². The van der Waals surface area contributed by atoms with E-state index in [1.807, 2.05) is 30.3 Å². The molecule has 0 aliphatic heterocycles. The van der Waals surface area contributed by atoms with Crippen molar-refractivity contribution in [2.45, 2.75) is 13.5 Å². The van der Waals surface area contributed by atoms with Crippen LogP contribution < -0.4 is 5.32 Å². The third-order valence-corrected chi connectivity index (χ3v) is 2.62. The molecular formula is C14H13F2N. The number of rotatable bonds is 3. The van der Waals surface area contributed by atoms with E-state index in [0.717, 1.165) is 5.69 Å². The van der Waals surface area contributed by atoms with Gasteiger partial charge in [0.2, 0.25) is 0 Å². The lowest BCUT2D eigenvalue weighted by Gasteiger charge is -2.09. The summed E-state index contributed by atoms with van der Waals surface area (Å²) in [5, 5.41) is 2.99. The van der Waals surface area contributed by atoms with Crippen LogP contribution in [0, 0.1) is 18.6 Å². The zero-order valence-corrected chi connectivity index (χ0v) is 9.50. The minimum Gasteiger partial charge on any atom is -0.381 e. The van der Waals surface area contributed by atoms with Crippen molar-refractivity contribution >= 4 is 5.69 Å². The summed E-state index contributed by atoms with van der Waals surface area (Å²) in [4.78, 5) is 0. The quantitative estimate of drug-likeness (QED) is 0.848. The topological polar surface area (TPSA) is 12.0 Å². The van der Waals surface area contributed by atoms with Crippen LogP contribution in [0.15, 0.2) is 42.5 Å². The number of benzene rings is 2. The molecule has 0 heterocycles. The van der Waals surface area contributed by atoms with Crippen molar-refractivity contribution in [3.8, 4) is 0 Å². The maximum Gasteiger partial charge on any atom is 0.134 e. The summed E-state index contributed by atoms with van der Waals surface area (Å²) in [6.07, 6.45) is 0. The number of para-hydroxylation sites is 1. The van der Waals surface area contributed by atoms with Crippen LogP contribution in [0.3, 0.4) is 0 Å². The largest absolute Gasteiger partial charge is 0.381 e. The number of nitrogens with one attached hydrogen (secondary N) is 1. The summed E-state index contributed by atoms with van der Waals surface area (Å²) < 4.78 is 27.1. The molecule has 2 aromatic rings. The molecular weight excluding hydrogens is 220 g/mol. The first-order valence-electron chi connectivity index (χ1n) is 5.41. The van der Waals surface area contributed by atoms with E-state index in [4.69, 9.17) is 0 Å². The first-order chi connectivity index (χ1) is 8.18. The van der Waals surface area contributed by atoms with E-state index in [1.54, 1.807) is 6.92 Å². The Kier molecular flexibility index (Phi) is 3.38. The number of hydrogen-bond donors (Lipinski definition) is 1. The molecule has 17 heavy (non-hydrogen) atoms. The van der Waals surface area contributed by atoms with Gasteiger partial charge >= 0.3 is 0 Å². The van der Waals surface area contributed by atoms with Gasteiger partial charge in [-0.05, 0) is 30.7 Å². The van der Waals surface area contributed by atoms with Crippen LogP contribution in [-0.4, -0.2) is 0 Å². The Morgan fingerprint density at radius 2 is 1.71 bits per heavy atom. The standard InChI is InChI=1S/C14H13F2N/c1-10-7-8-13(15)12(14(10)16)9-17-11-5-3-2-4-6-11/h2-8,17H,9H2,1H3. The third kappa shape index (κ3) is 2.61. The normalized spacial score (nSPS) is 10.3. The first kappa shape index (κ1) is 11.6. The molecule has 0 amide bonds. The van der Waals surface area contributed by atoms with Crippen LogP contribution in [0.2, 0.25) is 0 Å². The Morgan fingerprint density at radius 1 is 1.00 bits per heavy atom. The van der Waals surface area contributed by atoms with Gasteiger partial charge in [-0.15, -0.1) is 0 Å². The zero-order chi connectivity index (χ0) is 12.3. The highest BCUT2D eigenvalue weighted by Crippen LogP contribution is 2.17. The number of hydrogen-bond acceptors (Lipinski definition) is 1. The van der Waals surface area contributed by atoms with Crippen molar-refractivity contribution in [1.82, 2.24) is 0 Å². The van der Waals surface area contributed by atoms with Crippen LogP contribution in [0.4, 0.5) is 14.5 Å². The van der Waals surface area contributed by atoms with Gasteiger partial charge in [-0.25, -0.2) is 8.78 Å². The lowest BCUT2D eigenvalue weighted by Crippen LogP contribution is -2.05. The average molecular weight is 233 g/mol. The highest BCUT2D eigenvalue weighted by molar-refractivity contribution is 5.43. The fraction of sp³-hybridized carbons (Fsp3) is 0.143. The highest BCUT2D eigenvalue weighted by Gasteiger charge is 2.10. The molecule has 0 spiro atoms. The summed E-state index contributed by atoms with van der Waals surface area (Å²) >= 11 is 0. The molecule has 0 fully saturated rings. The molecule has 2 aromatic carbocycles. The highest BCUT2D eigenvalue weighted by atomic mass is 19.1. The molecule has 0 aliphatic rings. The van der Waals surface area contributed by atoms with Crippen molar-refractivity contribution in [2.24, 2.45) is 0 Å². The Morgan fingerprint density at radius 3 is 2.41 bits per heavy atom. The van der Waals surface area contributed by atoms with Gasteiger partial charge in [0.15, 0.2) is 0 Å². The van der Waals surface area contributed by atoms with Gasteiger partial charge in [-0.1, -0.05) is 24.3 Å². The van der Waals surface area contributed by atoms with Crippen LogP contribution in [0.5, 0.6) is 0 Å². The van der Waals surface area contributed by atoms with Crippen LogP contribution >= 0.6 is 0 Å². The molecule has 1 N–H and O–H groups in total. The summed E-state index contributed by atoms with van der Waals surface area (Å²) in [6, 6.07) is 12.1. The lowest BCUT2D eigenvalue weighted by molar-refractivity contribution is 0.554. The Labute approximate surface area is 99.1 Å². The van der Waals surface area contributed by atoms with Crippen molar-refractivity contribution in [2.75, 3.05) is 5.32 Å². The van der Waals surface area contributed by atoms with Gasteiger partial charge in [0.25, 0.3) is 0 Å². The van der Waals surface area contributed by atoms with Crippen molar-refractivity contribution in [1.29, 1.82) is 0 Å². The molecule has 0 saturated heterocycles. The molecule has 0 aromatic heterocycles. The molecule has 1 nitrogen and oxygen atoms in total. The molecule has 0 aliphatic carbocycles. The summed E-state index contributed by atoms with van der Waals surface area (Å²) in [7, 11) is 0. The summed E-state index contributed by atoms with van der Waals surface area (Å²) in [6.45, 7) is 1.77. The molecule has 0 bridgehead atoms. The van der Waals surface area contributed by atoms with Crippen molar-refractivity contribution in [3.63, 3.8) is 0 Å². The van der Waals surface area contributed by atoms with E-state index in [0.29, 0.717) is 5.56 Å². The van der Waals surface area contributed by atoms with Crippen LogP contribution in [0.25, 0.3) is 0 Å². The molecule has 0 atom stereocenters. The van der Waals surface area contributed by atoms with Gasteiger partial charge in [0.05, 0.1) is 0 Å². The van der Waals surface area contributed by atoms with Crippen molar-refractivity contribution < 1.29 is 8.78 Å². The average Bonchev–Trinajstić information content (AvgIpc) is 2.35. The summed E-state index contributed by atoms with van der Waals surface area (Å²) in [5.41, 5.74) is 1.37. The minimum atomic E-state index is -0.517. The second-order valence-corrected chi connectivity index (χ2v) is 3.88. The van der Waals surface area contributed by atoms with Crippen LogP contribution in [-0.2, 0) is 6.54 Å². The molecule has 0 unspecified atom stereocenters. The van der Waals surface area contributed by atoms with Crippen LogP contribution in [0.1, 0.15) is 11.1 Å². The minimum absolute atomic E-state index is 0.0776. The maximum absolute atomic E-state index is 13.7. The Hall–Kier alpha value is -1.90. The monoisotopic (exact) mass is 233 g/mol. The van der Waals surface area contributed by atoms with Gasteiger partial charge in [-0.2, -0.15) is 0 Å². The van der Waals surface area contributed by atoms with E-state index in [1.165, 1.54) is 12.1 Å². The fourth-order valence-corrected chi connectivity index (χ4v) is 1.62. The molecule has 3 heteroatoms. The molecule has 88 valence electrons.